The molecule has 2 aliphatic rings. The van der Waals surface area contributed by atoms with E-state index in [0.717, 1.165) is 61.5 Å². The third-order valence-electron chi connectivity index (χ3n) is 5.79. The van der Waals surface area contributed by atoms with Crippen LogP contribution in [0.2, 0.25) is 0 Å². The number of pyridine rings is 1. The Balaban J connectivity index is 1.36. The Morgan fingerprint density at radius 1 is 1.27 bits per heavy atom. The maximum atomic E-state index is 12.4. The van der Waals surface area contributed by atoms with Crippen molar-refractivity contribution in [1.82, 2.24) is 25.0 Å². The molecule has 0 spiro atoms. The van der Waals surface area contributed by atoms with Gasteiger partial charge in [0.2, 0.25) is 5.56 Å². The second-order valence-electron chi connectivity index (χ2n) is 7.82. The summed E-state index contributed by atoms with van der Waals surface area (Å²) in [5.74, 6) is 1.69. The van der Waals surface area contributed by atoms with Gasteiger partial charge in [0, 0.05) is 55.2 Å². The number of likely N-dealkylation sites (tertiary alicyclic amines) is 1. The first-order valence-electron chi connectivity index (χ1n) is 10.5. The number of nitrogens with zero attached hydrogens (tertiary/aromatic N) is 3. The van der Waals surface area contributed by atoms with Gasteiger partial charge in [0.05, 0.1) is 12.2 Å². The number of amides is 1. The van der Waals surface area contributed by atoms with Crippen LogP contribution in [0.4, 0.5) is 0 Å². The number of carbonyl (C=O) groups excluding carboxylic acids is 1. The Morgan fingerprint density at radius 3 is 3.03 bits per heavy atom. The van der Waals surface area contributed by atoms with Crippen molar-refractivity contribution >= 4 is 17.7 Å². The number of rotatable bonds is 6. The first-order valence-corrected chi connectivity index (χ1v) is 11.6. The second-order valence-corrected chi connectivity index (χ2v) is 8.92. The summed E-state index contributed by atoms with van der Waals surface area (Å²) in [7, 11) is 0. The third-order valence-corrected chi connectivity index (χ3v) is 6.80. The van der Waals surface area contributed by atoms with Crippen LogP contribution in [0.5, 0.6) is 0 Å². The summed E-state index contributed by atoms with van der Waals surface area (Å²) in [5, 5.41) is 7.56. The van der Waals surface area contributed by atoms with Gasteiger partial charge in [-0.15, -0.1) is 0 Å². The van der Waals surface area contributed by atoms with Gasteiger partial charge in [0.1, 0.15) is 0 Å². The van der Waals surface area contributed by atoms with E-state index in [-0.39, 0.29) is 23.1 Å². The number of aromatic amines is 1. The predicted molar refractivity (Wildman–Crippen MR) is 117 cm³/mol. The fraction of sp³-hybridized carbons (Fsp3) is 0.524. The van der Waals surface area contributed by atoms with Gasteiger partial charge < -0.3 is 10.3 Å². The van der Waals surface area contributed by atoms with E-state index < -0.39 is 0 Å². The second kappa shape index (κ2) is 9.61. The van der Waals surface area contributed by atoms with Gasteiger partial charge in [-0.3, -0.25) is 19.3 Å². The number of carbonyl (C=O) groups is 1. The molecule has 2 aromatic heterocycles. The number of thioether (sulfide) groups is 1. The predicted octanol–water partition coefficient (Wildman–Crippen LogP) is 1.01. The smallest absolute Gasteiger partial charge is 0.267 e. The van der Waals surface area contributed by atoms with Crippen molar-refractivity contribution in [2.24, 2.45) is 0 Å². The SMILES string of the molecule is O=C(NCC1CCCCN1CCn1nc2c(cc1=O)CSCC2)c1cc[nH]c(=O)c1. The van der Waals surface area contributed by atoms with Gasteiger partial charge in [0.25, 0.3) is 11.5 Å². The zero-order chi connectivity index (χ0) is 20.9. The standard InChI is InChI=1S/C21H27N5O3S/c27-19-11-15(4-6-22-19)21(29)23-13-17-3-1-2-7-25(17)8-9-26-20(28)12-16-14-30-10-5-18(16)24-26/h4,6,11-12,17H,1-3,5,7-10,13-14H2,(H,22,27)(H,23,29). The van der Waals surface area contributed by atoms with Gasteiger partial charge >= 0.3 is 0 Å². The fourth-order valence-corrected chi connectivity index (χ4v) is 5.07. The molecule has 0 aliphatic carbocycles. The maximum absolute atomic E-state index is 12.4. The number of H-pyrrole nitrogens is 1. The lowest BCUT2D eigenvalue weighted by Gasteiger charge is -2.35. The third kappa shape index (κ3) is 5.02. The van der Waals surface area contributed by atoms with E-state index >= 15 is 0 Å². The van der Waals surface area contributed by atoms with E-state index in [9.17, 15) is 14.4 Å². The fourth-order valence-electron chi connectivity index (χ4n) is 4.12. The van der Waals surface area contributed by atoms with Crippen LogP contribution in [0.1, 0.15) is 40.9 Å². The van der Waals surface area contributed by atoms with Crippen molar-refractivity contribution < 1.29 is 4.79 Å². The summed E-state index contributed by atoms with van der Waals surface area (Å²) in [5.41, 5.74) is 2.17. The molecule has 1 atom stereocenters. The molecule has 160 valence electrons. The summed E-state index contributed by atoms with van der Waals surface area (Å²) in [4.78, 5) is 41.1. The van der Waals surface area contributed by atoms with Crippen LogP contribution in [-0.2, 0) is 18.7 Å². The molecule has 2 aliphatic heterocycles. The minimum atomic E-state index is -0.288. The van der Waals surface area contributed by atoms with E-state index in [1.165, 1.54) is 12.3 Å². The average molecular weight is 430 g/mol. The minimum absolute atomic E-state index is 0.0348. The highest BCUT2D eigenvalue weighted by molar-refractivity contribution is 7.98. The minimum Gasteiger partial charge on any atom is -0.350 e. The van der Waals surface area contributed by atoms with Crippen LogP contribution in [0.25, 0.3) is 0 Å². The summed E-state index contributed by atoms with van der Waals surface area (Å²) >= 11 is 1.85. The van der Waals surface area contributed by atoms with Gasteiger partial charge in [-0.05, 0) is 36.8 Å². The Hall–Kier alpha value is -2.39. The van der Waals surface area contributed by atoms with E-state index in [0.29, 0.717) is 18.7 Å². The van der Waals surface area contributed by atoms with E-state index in [2.05, 4.69) is 20.3 Å². The molecular formula is C21H27N5O3S. The number of aryl methyl sites for hydroxylation is 1. The molecule has 9 heteroatoms. The molecular weight excluding hydrogens is 402 g/mol. The van der Waals surface area contributed by atoms with Gasteiger partial charge in [-0.2, -0.15) is 16.9 Å². The monoisotopic (exact) mass is 429 g/mol. The highest BCUT2D eigenvalue weighted by atomic mass is 32.2. The Bertz CT molecular complexity index is 1020. The molecule has 1 saturated heterocycles. The molecule has 0 radical (unpaired) electrons. The highest BCUT2D eigenvalue weighted by Gasteiger charge is 2.23. The molecule has 0 aromatic carbocycles. The molecule has 2 N–H and O–H groups in total. The van der Waals surface area contributed by atoms with Crippen LogP contribution in [0.15, 0.2) is 34.0 Å². The number of fused-ring (bicyclic) bond motifs is 1. The maximum Gasteiger partial charge on any atom is 0.267 e. The lowest BCUT2D eigenvalue weighted by atomic mass is 10.0. The van der Waals surface area contributed by atoms with Gasteiger partial charge in [-0.25, -0.2) is 4.68 Å². The molecule has 0 bridgehead atoms. The average Bonchev–Trinajstić information content (AvgIpc) is 2.76. The number of hydrogen-bond donors (Lipinski definition) is 2. The van der Waals surface area contributed by atoms with Crippen molar-refractivity contribution in [1.29, 1.82) is 0 Å². The van der Waals surface area contributed by atoms with Crippen molar-refractivity contribution in [3.63, 3.8) is 0 Å². The topological polar surface area (TPSA) is 100 Å². The number of hydrogen-bond acceptors (Lipinski definition) is 6. The number of piperidine rings is 1. The first kappa shape index (κ1) is 20.9. The molecule has 2 aromatic rings. The molecule has 1 fully saturated rings. The zero-order valence-electron chi connectivity index (χ0n) is 16.9. The van der Waals surface area contributed by atoms with Crippen LogP contribution in [0.3, 0.4) is 0 Å². The highest BCUT2D eigenvalue weighted by Crippen LogP contribution is 2.21. The largest absolute Gasteiger partial charge is 0.350 e. The van der Waals surface area contributed by atoms with E-state index in [1.54, 1.807) is 16.8 Å². The number of nitrogens with one attached hydrogen (secondary N) is 2. The molecule has 1 amide bonds. The van der Waals surface area contributed by atoms with Crippen LogP contribution in [0, 0.1) is 0 Å². The summed E-state index contributed by atoms with van der Waals surface area (Å²) in [6, 6.07) is 4.86. The molecule has 8 nitrogen and oxygen atoms in total. The molecule has 0 saturated carbocycles. The van der Waals surface area contributed by atoms with Crippen LogP contribution in [-0.4, -0.2) is 57.0 Å². The molecule has 1 unspecified atom stereocenters. The summed E-state index contributed by atoms with van der Waals surface area (Å²) in [6.45, 7) is 2.75. The lowest BCUT2D eigenvalue weighted by molar-refractivity contribution is 0.0909. The van der Waals surface area contributed by atoms with Gasteiger partial charge in [-0.1, -0.05) is 6.42 Å². The van der Waals surface area contributed by atoms with Crippen LogP contribution >= 0.6 is 11.8 Å². The van der Waals surface area contributed by atoms with Crippen molar-refractivity contribution in [3.05, 3.63) is 61.9 Å². The van der Waals surface area contributed by atoms with Crippen molar-refractivity contribution in [3.8, 4) is 0 Å². The van der Waals surface area contributed by atoms with Crippen LogP contribution < -0.4 is 16.4 Å². The number of aromatic nitrogens is 3. The molecule has 4 heterocycles. The first-order chi connectivity index (χ1) is 14.6. The van der Waals surface area contributed by atoms with Crippen molar-refractivity contribution in [2.45, 2.75) is 44.0 Å². The Morgan fingerprint density at radius 2 is 2.17 bits per heavy atom. The van der Waals surface area contributed by atoms with E-state index in [4.69, 9.17) is 0 Å². The van der Waals surface area contributed by atoms with E-state index in [1.807, 2.05) is 11.8 Å². The van der Waals surface area contributed by atoms with Gasteiger partial charge in [0.15, 0.2) is 0 Å². The zero-order valence-corrected chi connectivity index (χ0v) is 17.7. The summed E-state index contributed by atoms with van der Waals surface area (Å²) in [6.07, 6.45) is 5.63. The van der Waals surface area contributed by atoms with Crippen molar-refractivity contribution in [2.75, 3.05) is 25.4 Å². The quantitative estimate of drug-likeness (QED) is 0.711. The Kier molecular flexibility index (Phi) is 6.69. The Labute approximate surface area is 179 Å². The summed E-state index contributed by atoms with van der Waals surface area (Å²) < 4.78 is 1.59. The molecule has 30 heavy (non-hydrogen) atoms. The normalized spacial score (nSPS) is 19.3. The molecule has 4 rings (SSSR count). The lowest BCUT2D eigenvalue weighted by Crippen LogP contribution is -2.48.